The smallest absolute Gasteiger partial charge is 0.110 e. The van der Waals surface area contributed by atoms with Gasteiger partial charge in [-0.15, -0.1) is 0 Å². The number of aryl methyl sites for hydroxylation is 3. The molecule has 5 N–H and O–H groups in total. The summed E-state index contributed by atoms with van der Waals surface area (Å²) in [7, 11) is 0. The minimum absolute atomic E-state index is 0.767. The summed E-state index contributed by atoms with van der Waals surface area (Å²) in [6.07, 6.45) is 7.20. The fourth-order valence-electron chi connectivity index (χ4n) is 2.27. The maximum atomic E-state index is 5.83. The predicted molar refractivity (Wildman–Crippen MR) is 112 cm³/mol. The lowest BCUT2D eigenvalue weighted by molar-refractivity contribution is 0.977. The molecule has 2 aromatic heterocycles. The number of nitrogens with two attached hydrogens (primary N) is 2. The van der Waals surface area contributed by atoms with Crippen molar-refractivity contribution in [2.45, 2.75) is 20.8 Å². The van der Waals surface area contributed by atoms with Crippen LogP contribution >= 0.6 is 0 Å². The first kappa shape index (κ1) is 19.8. The third-order valence-electron chi connectivity index (χ3n) is 3.85. The monoisotopic (exact) mass is 362 g/mol. The molecule has 0 saturated heterocycles. The maximum absolute atomic E-state index is 5.83. The quantitative estimate of drug-likeness (QED) is 0.445. The fourth-order valence-corrected chi connectivity index (χ4v) is 2.27. The van der Waals surface area contributed by atoms with E-state index >= 15 is 0 Å². The van der Waals surface area contributed by atoms with Gasteiger partial charge in [0.25, 0.3) is 0 Å². The number of nitrogens with one attached hydrogen (secondary N) is 1. The van der Waals surface area contributed by atoms with Crippen molar-refractivity contribution < 1.29 is 0 Å². The second-order valence-corrected chi connectivity index (χ2v) is 5.93. The molecule has 0 atom stereocenters. The maximum Gasteiger partial charge on any atom is 0.110 e. The summed E-state index contributed by atoms with van der Waals surface area (Å²) in [5.41, 5.74) is 15.1. The number of nitrogen functional groups attached to an aromatic ring is 2. The number of imidazole rings is 2. The number of hydrogen-bond donors (Lipinski definition) is 3. The van der Waals surface area contributed by atoms with Gasteiger partial charge < -0.3 is 21.0 Å². The van der Waals surface area contributed by atoms with Gasteiger partial charge in [0.2, 0.25) is 0 Å². The molecule has 0 aliphatic carbocycles. The van der Waals surface area contributed by atoms with Crippen LogP contribution < -0.4 is 11.5 Å². The van der Waals surface area contributed by atoms with Gasteiger partial charge in [-0.2, -0.15) is 0 Å². The molecule has 140 valence electrons. The number of nitrogens with zero attached hydrogens (tertiary/aromatic N) is 3. The largest absolute Gasteiger partial charge is 0.399 e. The van der Waals surface area contributed by atoms with E-state index in [0.717, 1.165) is 34.3 Å². The van der Waals surface area contributed by atoms with E-state index in [4.69, 9.17) is 11.5 Å². The van der Waals surface area contributed by atoms with Gasteiger partial charge in [-0.3, -0.25) is 0 Å². The lowest BCUT2D eigenvalue weighted by Gasteiger charge is -2.07. The van der Waals surface area contributed by atoms with Crippen molar-refractivity contribution in [3.8, 4) is 5.69 Å². The molecular formula is C21H26N6. The molecule has 2 heterocycles. The van der Waals surface area contributed by atoms with E-state index in [2.05, 4.69) is 15.0 Å². The van der Waals surface area contributed by atoms with Crippen LogP contribution in [0, 0.1) is 20.8 Å². The second-order valence-electron chi connectivity index (χ2n) is 5.93. The van der Waals surface area contributed by atoms with Crippen LogP contribution in [-0.4, -0.2) is 19.5 Å². The highest BCUT2D eigenvalue weighted by Crippen LogP contribution is 2.17. The Bertz CT molecular complexity index is 920. The van der Waals surface area contributed by atoms with E-state index < -0.39 is 0 Å². The minimum atomic E-state index is 0.767. The predicted octanol–water partition coefficient (Wildman–Crippen LogP) is 4.06. The van der Waals surface area contributed by atoms with Gasteiger partial charge in [0.1, 0.15) is 11.6 Å². The van der Waals surface area contributed by atoms with E-state index in [1.54, 1.807) is 18.6 Å². The molecule has 6 nitrogen and oxygen atoms in total. The number of anilines is 2. The average Bonchev–Trinajstić information content (AvgIpc) is 3.30. The molecule has 0 aliphatic heterocycles. The Kier molecular flexibility index (Phi) is 7.19. The Hall–Kier alpha value is -3.54. The number of hydrogen-bond acceptors (Lipinski definition) is 4. The number of rotatable bonds is 1. The van der Waals surface area contributed by atoms with Crippen molar-refractivity contribution >= 4 is 11.4 Å². The second kappa shape index (κ2) is 9.82. The third-order valence-corrected chi connectivity index (χ3v) is 3.85. The lowest BCUT2D eigenvalue weighted by Crippen LogP contribution is -1.99. The first-order valence-electron chi connectivity index (χ1n) is 8.61. The number of H-pyrrole nitrogens is 1. The number of benzene rings is 2. The standard InChI is InChI=1S/C10H11N3.C7H9N.C4H6N2/c1-8-12-6-7-13(8)10-5-3-2-4-9(10)11;1-6-4-2-3-5-7(6)8;1-4-5-2-3-6-4/h2-7H,11H2,1H3;2-5H,8H2,1H3;2-3H,1H3,(H,5,6). The Balaban J connectivity index is 0.000000159. The summed E-state index contributed by atoms with van der Waals surface area (Å²) in [6.45, 7) is 5.86. The molecule has 0 bridgehead atoms. The fraction of sp³-hybridized carbons (Fsp3) is 0.143. The van der Waals surface area contributed by atoms with Crippen molar-refractivity contribution in [1.82, 2.24) is 19.5 Å². The molecule has 0 radical (unpaired) electrons. The van der Waals surface area contributed by atoms with E-state index in [0.29, 0.717) is 0 Å². The summed E-state index contributed by atoms with van der Waals surface area (Å²) in [4.78, 5) is 10.9. The van der Waals surface area contributed by atoms with Gasteiger partial charge >= 0.3 is 0 Å². The highest BCUT2D eigenvalue weighted by Gasteiger charge is 2.02. The molecule has 6 heteroatoms. The van der Waals surface area contributed by atoms with Crippen molar-refractivity contribution in [3.05, 3.63) is 90.5 Å². The van der Waals surface area contributed by atoms with Crippen LogP contribution in [0.15, 0.2) is 73.3 Å². The van der Waals surface area contributed by atoms with Crippen molar-refractivity contribution in [3.63, 3.8) is 0 Å². The van der Waals surface area contributed by atoms with Crippen molar-refractivity contribution in [2.24, 2.45) is 0 Å². The zero-order valence-electron chi connectivity index (χ0n) is 15.9. The van der Waals surface area contributed by atoms with Crippen LogP contribution in [0.25, 0.3) is 5.69 Å². The Labute approximate surface area is 159 Å². The molecule has 27 heavy (non-hydrogen) atoms. The molecule has 0 spiro atoms. The first-order valence-corrected chi connectivity index (χ1v) is 8.61. The van der Waals surface area contributed by atoms with Gasteiger partial charge in [-0.05, 0) is 44.5 Å². The van der Waals surface area contributed by atoms with E-state index in [-0.39, 0.29) is 0 Å². The molecule has 4 aromatic rings. The highest BCUT2D eigenvalue weighted by atomic mass is 15.1. The Morgan fingerprint density at radius 2 is 1.48 bits per heavy atom. The first-order chi connectivity index (χ1) is 13.0. The average molecular weight is 362 g/mol. The lowest BCUT2D eigenvalue weighted by atomic mass is 10.2. The summed E-state index contributed by atoms with van der Waals surface area (Å²) >= 11 is 0. The molecule has 4 rings (SSSR count). The summed E-state index contributed by atoms with van der Waals surface area (Å²) in [6, 6.07) is 15.5. The van der Waals surface area contributed by atoms with Crippen molar-refractivity contribution in [2.75, 3.05) is 11.5 Å². The topological polar surface area (TPSA) is 98.5 Å². The Morgan fingerprint density at radius 1 is 0.815 bits per heavy atom. The van der Waals surface area contributed by atoms with Crippen LogP contribution in [-0.2, 0) is 0 Å². The highest BCUT2D eigenvalue weighted by molar-refractivity contribution is 5.57. The third kappa shape index (κ3) is 6.04. The molecule has 0 saturated carbocycles. The van der Waals surface area contributed by atoms with Crippen molar-refractivity contribution in [1.29, 1.82) is 0 Å². The number of para-hydroxylation sites is 3. The van der Waals surface area contributed by atoms with Crippen LogP contribution in [0.1, 0.15) is 17.2 Å². The molecule has 2 aromatic carbocycles. The van der Waals surface area contributed by atoms with E-state index in [1.165, 1.54) is 0 Å². The van der Waals surface area contributed by atoms with Gasteiger partial charge in [-0.1, -0.05) is 30.3 Å². The van der Waals surface area contributed by atoms with Crippen LogP contribution in [0.4, 0.5) is 11.4 Å². The molecule has 0 aliphatic rings. The molecule has 0 fully saturated rings. The number of aromatic amines is 1. The van der Waals surface area contributed by atoms with Crippen LogP contribution in [0.5, 0.6) is 0 Å². The number of aromatic nitrogens is 4. The van der Waals surface area contributed by atoms with Gasteiger partial charge in [0.15, 0.2) is 0 Å². The molecule has 0 unspecified atom stereocenters. The molecular weight excluding hydrogens is 336 g/mol. The van der Waals surface area contributed by atoms with Crippen LogP contribution in [0.2, 0.25) is 0 Å². The minimum Gasteiger partial charge on any atom is -0.399 e. The summed E-state index contributed by atoms with van der Waals surface area (Å²) in [5, 5.41) is 0. The van der Waals surface area contributed by atoms with E-state index in [9.17, 15) is 0 Å². The molecule has 0 amide bonds. The SMILES string of the molecule is Cc1ccccc1N.Cc1ncc[nH]1.Cc1nccn1-c1ccccc1N. The normalized spacial score (nSPS) is 9.59. The summed E-state index contributed by atoms with van der Waals surface area (Å²) < 4.78 is 1.97. The van der Waals surface area contributed by atoms with Gasteiger partial charge in [0, 0.05) is 30.5 Å². The summed E-state index contributed by atoms with van der Waals surface area (Å²) in [5.74, 6) is 1.91. The van der Waals surface area contributed by atoms with E-state index in [1.807, 2.05) is 80.1 Å². The van der Waals surface area contributed by atoms with Crippen LogP contribution in [0.3, 0.4) is 0 Å². The van der Waals surface area contributed by atoms with Gasteiger partial charge in [0.05, 0.1) is 11.4 Å². The van der Waals surface area contributed by atoms with Gasteiger partial charge in [-0.25, -0.2) is 9.97 Å². The zero-order valence-corrected chi connectivity index (χ0v) is 15.9. The zero-order chi connectivity index (χ0) is 19.6. The Morgan fingerprint density at radius 3 is 1.89 bits per heavy atom.